The third-order valence-electron chi connectivity index (χ3n) is 2.23. The van der Waals surface area contributed by atoms with Gasteiger partial charge in [-0.05, 0) is 30.4 Å². The maximum absolute atomic E-state index is 12.5. The minimum absolute atomic E-state index is 0.122. The monoisotopic (exact) mass is 198 g/mol. The van der Waals surface area contributed by atoms with Gasteiger partial charge in [-0.25, -0.2) is 4.39 Å². The molecule has 0 amide bonds. The molecule has 1 N–H and O–H groups in total. The number of hydrogen-bond donors (Lipinski definition) is 1. The topological polar surface area (TPSA) is 20.2 Å². The lowest BCUT2D eigenvalue weighted by Gasteiger charge is -2.24. The van der Waals surface area contributed by atoms with E-state index in [-0.39, 0.29) is 17.8 Å². The second kappa shape index (κ2) is 5.76. The van der Waals surface area contributed by atoms with E-state index >= 15 is 0 Å². The van der Waals surface area contributed by atoms with Crippen LogP contribution in [0, 0.1) is 5.41 Å². The average Bonchev–Trinajstić information content (AvgIpc) is 2.03. The van der Waals surface area contributed by atoms with Gasteiger partial charge in [0.2, 0.25) is 0 Å². The summed E-state index contributed by atoms with van der Waals surface area (Å²) >= 11 is 0. The predicted molar refractivity (Wildman–Crippen MR) is 58.6 cm³/mol. The van der Waals surface area contributed by atoms with Crippen LogP contribution in [-0.2, 0) is 0 Å². The van der Waals surface area contributed by atoms with Crippen molar-refractivity contribution >= 4 is 0 Å². The molecule has 0 fully saturated rings. The van der Waals surface area contributed by atoms with Crippen molar-refractivity contribution in [1.29, 1.82) is 0 Å². The molecule has 0 aliphatic carbocycles. The van der Waals surface area contributed by atoms with Crippen LogP contribution < -0.4 is 0 Å². The van der Waals surface area contributed by atoms with Crippen molar-refractivity contribution < 1.29 is 9.50 Å². The molecule has 0 aliphatic heterocycles. The third kappa shape index (κ3) is 4.38. The predicted octanol–water partition coefficient (Wildman–Crippen LogP) is 3.38. The van der Waals surface area contributed by atoms with Gasteiger partial charge in [0.1, 0.15) is 0 Å². The van der Waals surface area contributed by atoms with Crippen LogP contribution >= 0.6 is 0 Å². The van der Waals surface area contributed by atoms with Crippen molar-refractivity contribution in [1.82, 2.24) is 0 Å². The van der Waals surface area contributed by atoms with Crippen LogP contribution in [0.2, 0.25) is 0 Å². The lowest BCUT2D eigenvalue weighted by atomic mass is 9.81. The summed E-state index contributed by atoms with van der Waals surface area (Å²) in [5, 5.41) is 8.87. The van der Waals surface area contributed by atoms with E-state index in [1.807, 2.05) is 13.8 Å². The minimum atomic E-state index is -0.232. The summed E-state index contributed by atoms with van der Waals surface area (Å²) in [6, 6.07) is 0. The summed E-state index contributed by atoms with van der Waals surface area (Å²) in [6.07, 6.45) is 5.47. The first-order chi connectivity index (χ1) is 6.44. The molecule has 0 rings (SSSR count). The maximum Gasteiger partial charge on any atom is 0.0968 e. The van der Waals surface area contributed by atoms with Crippen LogP contribution in [0.25, 0.3) is 0 Å². The zero-order valence-electron chi connectivity index (χ0n) is 9.18. The van der Waals surface area contributed by atoms with Gasteiger partial charge in [-0.15, -0.1) is 0 Å². The Bertz CT molecular complexity index is 245. The van der Waals surface area contributed by atoms with E-state index in [1.54, 1.807) is 12.2 Å². The van der Waals surface area contributed by atoms with E-state index in [1.165, 1.54) is 13.0 Å². The highest BCUT2D eigenvalue weighted by atomic mass is 19.1. The second-order valence-electron chi connectivity index (χ2n) is 3.94. The van der Waals surface area contributed by atoms with Gasteiger partial charge in [0.05, 0.1) is 5.83 Å². The van der Waals surface area contributed by atoms with Crippen LogP contribution in [0.4, 0.5) is 4.39 Å². The fourth-order valence-electron chi connectivity index (χ4n) is 1.20. The molecule has 0 aliphatic rings. The molecule has 0 radical (unpaired) electrons. The molecule has 80 valence electrons. The quantitative estimate of drug-likeness (QED) is 0.671. The fraction of sp³-hybridized carbons (Fsp3) is 0.500. The van der Waals surface area contributed by atoms with E-state index in [4.69, 9.17) is 5.11 Å². The third-order valence-corrected chi connectivity index (χ3v) is 2.23. The van der Waals surface area contributed by atoms with Crippen LogP contribution in [0.3, 0.4) is 0 Å². The van der Waals surface area contributed by atoms with Gasteiger partial charge < -0.3 is 5.11 Å². The van der Waals surface area contributed by atoms with Crippen LogP contribution in [0.15, 0.2) is 36.2 Å². The Labute approximate surface area is 85.6 Å². The summed E-state index contributed by atoms with van der Waals surface area (Å²) in [6.45, 7) is 9.20. The molecule has 2 heteroatoms. The Morgan fingerprint density at radius 3 is 2.36 bits per heavy atom. The molecular formula is C12H19FO. The van der Waals surface area contributed by atoms with Gasteiger partial charge in [0.15, 0.2) is 0 Å². The molecular weight excluding hydrogens is 179 g/mol. The number of halogens is 1. The zero-order valence-corrected chi connectivity index (χ0v) is 9.18. The molecule has 0 aromatic carbocycles. The normalized spacial score (nSPS) is 14.4. The highest BCUT2D eigenvalue weighted by Crippen LogP contribution is 2.30. The lowest BCUT2D eigenvalue weighted by molar-refractivity contribution is 0.236. The van der Waals surface area contributed by atoms with Gasteiger partial charge in [-0.2, -0.15) is 0 Å². The highest BCUT2D eigenvalue weighted by molar-refractivity contribution is 5.28. The van der Waals surface area contributed by atoms with Crippen molar-refractivity contribution in [2.45, 2.75) is 27.2 Å². The summed E-state index contributed by atoms with van der Waals surface area (Å²) in [7, 11) is 0. The molecule has 0 bridgehead atoms. The van der Waals surface area contributed by atoms with E-state index < -0.39 is 0 Å². The first-order valence-electron chi connectivity index (χ1n) is 4.72. The Balaban J connectivity index is 4.79. The largest absolute Gasteiger partial charge is 0.396 e. The SMILES string of the molecule is C=C/C(=C\C=C(/C)F)C(C)(C)CCO. The second-order valence-corrected chi connectivity index (χ2v) is 3.94. The highest BCUT2D eigenvalue weighted by Gasteiger charge is 2.19. The van der Waals surface area contributed by atoms with E-state index in [0.29, 0.717) is 6.42 Å². The number of hydrogen-bond acceptors (Lipinski definition) is 1. The van der Waals surface area contributed by atoms with Gasteiger partial charge in [0, 0.05) is 6.61 Å². The zero-order chi connectivity index (χ0) is 11.2. The molecule has 0 aromatic rings. The van der Waals surface area contributed by atoms with Crippen molar-refractivity contribution in [3.8, 4) is 0 Å². The average molecular weight is 198 g/mol. The number of aliphatic hydroxyl groups excluding tert-OH is 1. The molecule has 0 aromatic heterocycles. The van der Waals surface area contributed by atoms with Crippen molar-refractivity contribution in [2.24, 2.45) is 5.41 Å². The van der Waals surface area contributed by atoms with Gasteiger partial charge >= 0.3 is 0 Å². The molecule has 1 nitrogen and oxygen atoms in total. The van der Waals surface area contributed by atoms with E-state index in [0.717, 1.165) is 5.57 Å². The molecule has 0 saturated heterocycles. The molecule has 0 unspecified atom stereocenters. The molecule has 0 saturated carbocycles. The lowest BCUT2D eigenvalue weighted by Crippen LogP contribution is -2.15. The van der Waals surface area contributed by atoms with Gasteiger partial charge in [0.25, 0.3) is 0 Å². The van der Waals surface area contributed by atoms with Crippen molar-refractivity contribution in [3.63, 3.8) is 0 Å². The first-order valence-corrected chi connectivity index (χ1v) is 4.72. The van der Waals surface area contributed by atoms with Gasteiger partial charge in [-0.3, -0.25) is 0 Å². The van der Waals surface area contributed by atoms with Crippen LogP contribution in [0.1, 0.15) is 27.2 Å². The van der Waals surface area contributed by atoms with E-state index in [2.05, 4.69) is 6.58 Å². The summed E-state index contributed by atoms with van der Waals surface area (Å²) < 4.78 is 12.5. The number of allylic oxidation sites excluding steroid dienone is 5. The summed E-state index contributed by atoms with van der Waals surface area (Å²) in [5.74, 6) is -0.232. The standard InChI is InChI=1S/C12H19FO/c1-5-11(7-6-10(2)13)12(3,4)8-9-14/h5-7,14H,1,8-9H2,2-4H3/b10-6+,11-7+. The first kappa shape index (κ1) is 13.1. The van der Waals surface area contributed by atoms with Crippen LogP contribution in [0.5, 0.6) is 0 Å². The Morgan fingerprint density at radius 1 is 1.43 bits per heavy atom. The van der Waals surface area contributed by atoms with E-state index in [9.17, 15) is 4.39 Å². The molecule has 0 spiro atoms. The van der Waals surface area contributed by atoms with Crippen LogP contribution in [-0.4, -0.2) is 11.7 Å². The number of rotatable bonds is 5. The summed E-state index contributed by atoms with van der Waals surface area (Å²) in [5.41, 5.74) is 0.770. The molecule has 14 heavy (non-hydrogen) atoms. The Kier molecular flexibility index (Phi) is 5.39. The Hall–Kier alpha value is -0.890. The minimum Gasteiger partial charge on any atom is -0.396 e. The van der Waals surface area contributed by atoms with Crippen molar-refractivity contribution in [3.05, 3.63) is 36.2 Å². The van der Waals surface area contributed by atoms with Gasteiger partial charge in [-0.1, -0.05) is 32.6 Å². The maximum atomic E-state index is 12.5. The van der Waals surface area contributed by atoms with Crippen molar-refractivity contribution in [2.75, 3.05) is 6.61 Å². The number of aliphatic hydroxyl groups is 1. The smallest absolute Gasteiger partial charge is 0.0968 e. The fourth-order valence-corrected chi connectivity index (χ4v) is 1.20. The molecule has 0 heterocycles. The molecule has 0 atom stereocenters. The summed E-state index contributed by atoms with van der Waals surface area (Å²) in [4.78, 5) is 0. The Morgan fingerprint density at radius 2 is 2.00 bits per heavy atom.